The number of halogens is 1. The maximum absolute atomic E-state index is 12.1. The second-order valence-corrected chi connectivity index (χ2v) is 11.0. The Morgan fingerprint density at radius 3 is 2.85 bits per heavy atom. The highest BCUT2D eigenvalue weighted by atomic mass is 35.5. The van der Waals surface area contributed by atoms with Crippen LogP contribution in [-0.2, 0) is 17.9 Å². The molecule has 1 aromatic carbocycles. The fourth-order valence-corrected chi connectivity index (χ4v) is 6.35. The van der Waals surface area contributed by atoms with Crippen LogP contribution in [0.4, 0.5) is 0 Å². The molecular formula is C25H30ClN5OS. The van der Waals surface area contributed by atoms with Crippen LogP contribution in [0.5, 0.6) is 0 Å². The Bertz CT molecular complexity index is 1190. The molecule has 0 bridgehead atoms. The predicted octanol–water partition coefficient (Wildman–Crippen LogP) is 4.62. The van der Waals surface area contributed by atoms with Crippen LogP contribution in [0.2, 0.25) is 5.02 Å². The molecule has 2 saturated heterocycles. The summed E-state index contributed by atoms with van der Waals surface area (Å²) in [6.45, 7) is 11.0. The van der Waals surface area contributed by atoms with Crippen LogP contribution in [0.15, 0.2) is 24.5 Å². The molecule has 2 aliphatic heterocycles. The number of nitrogens with zero attached hydrogens (tertiary/aromatic N) is 4. The van der Waals surface area contributed by atoms with Crippen LogP contribution in [0.25, 0.3) is 21.5 Å². The summed E-state index contributed by atoms with van der Waals surface area (Å²) in [4.78, 5) is 27.0. The third kappa shape index (κ3) is 4.64. The average Bonchev–Trinajstić information content (AvgIpc) is 3.37. The van der Waals surface area contributed by atoms with Gasteiger partial charge in [0.15, 0.2) is 0 Å². The van der Waals surface area contributed by atoms with Crippen LogP contribution >= 0.6 is 22.9 Å². The number of thiophene rings is 1. The summed E-state index contributed by atoms with van der Waals surface area (Å²) >= 11 is 8.23. The number of aromatic nitrogens is 2. The van der Waals surface area contributed by atoms with Crippen LogP contribution in [-0.4, -0.2) is 57.4 Å². The summed E-state index contributed by atoms with van der Waals surface area (Å²) in [5.74, 6) is 0.242. The molecule has 4 heterocycles. The zero-order valence-electron chi connectivity index (χ0n) is 19.4. The lowest BCUT2D eigenvalue weighted by Gasteiger charge is -2.38. The number of amides is 1. The first-order chi connectivity index (χ1) is 15.9. The van der Waals surface area contributed by atoms with Gasteiger partial charge in [-0.1, -0.05) is 11.6 Å². The molecule has 2 atom stereocenters. The quantitative estimate of drug-likeness (QED) is 0.573. The number of rotatable bonds is 5. The number of nitrogens with one attached hydrogen (secondary N) is 1. The SMILES string of the molecule is Cc1cc(Cl)cc(-c2ncnc3cc(CN4CCCC4=O)sc23)c1CN1C[C@@H](C)NC[C@@H]1C. The number of carbonyl (C=O) groups is 1. The third-order valence-electron chi connectivity index (χ3n) is 6.83. The van der Waals surface area contributed by atoms with E-state index in [1.165, 1.54) is 11.1 Å². The number of fused-ring (bicyclic) bond motifs is 1. The van der Waals surface area contributed by atoms with E-state index >= 15 is 0 Å². The highest BCUT2D eigenvalue weighted by molar-refractivity contribution is 7.19. The van der Waals surface area contributed by atoms with Gasteiger partial charge in [0.1, 0.15) is 6.33 Å². The van der Waals surface area contributed by atoms with Gasteiger partial charge in [-0.15, -0.1) is 11.3 Å². The van der Waals surface area contributed by atoms with Gasteiger partial charge in [-0.2, -0.15) is 0 Å². The Morgan fingerprint density at radius 2 is 2.06 bits per heavy atom. The van der Waals surface area contributed by atoms with Crippen LogP contribution in [0.3, 0.4) is 0 Å². The molecule has 6 nitrogen and oxygen atoms in total. The van der Waals surface area contributed by atoms with Crippen molar-refractivity contribution in [2.24, 2.45) is 0 Å². The van der Waals surface area contributed by atoms with Crippen molar-refractivity contribution < 1.29 is 4.79 Å². The first kappa shape index (κ1) is 22.7. The lowest BCUT2D eigenvalue weighted by molar-refractivity contribution is -0.128. The van der Waals surface area contributed by atoms with Crippen molar-refractivity contribution in [3.05, 3.63) is 45.6 Å². The molecule has 0 saturated carbocycles. The molecule has 174 valence electrons. The third-order valence-corrected chi connectivity index (χ3v) is 8.16. The van der Waals surface area contributed by atoms with Crippen molar-refractivity contribution in [2.75, 3.05) is 19.6 Å². The van der Waals surface area contributed by atoms with E-state index in [9.17, 15) is 4.79 Å². The monoisotopic (exact) mass is 483 g/mol. The molecule has 0 unspecified atom stereocenters. The van der Waals surface area contributed by atoms with Gasteiger partial charge in [0.25, 0.3) is 0 Å². The Balaban J connectivity index is 1.54. The van der Waals surface area contributed by atoms with Gasteiger partial charge < -0.3 is 10.2 Å². The van der Waals surface area contributed by atoms with Crippen molar-refractivity contribution in [1.82, 2.24) is 25.1 Å². The van der Waals surface area contributed by atoms with Crippen LogP contribution in [0.1, 0.15) is 42.7 Å². The number of likely N-dealkylation sites (tertiary alicyclic amines) is 1. The molecule has 8 heteroatoms. The largest absolute Gasteiger partial charge is 0.338 e. The molecule has 5 rings (SSSR count). The highest BCUT2D eigenvalue weighted by Gasteiger charge is 2.26. The number of hydrogen-bond donors (Lipinski definition) is 1. The summed E-state index contributed by atoms with van der Waals surface area (Å²) in [7, 11) is 0. The van der Waals surface area contributed by atoms with Crippen molar-refractivity contribution in [3.63, 3.8) is 0 Å². The van der Waals surface area contributed by atoms with Crippen molar-refractivity contribution in [3.8, 4) is 11.3 Å². The molecule has 0 radical (unpaired) electrons. The van der Waals surface area contributed by atoms with E-state index in [1.54, 1.807) is 17.7 Å². The van der Waals surface area contributed by atoms with Gasteiger partial charge in [0, 0.05) is 60.1 Å². The molecule has 2 aliphatic rings. The maximum atomic E-state index is 12.1. The van der Waals surface area contributed by atoms with Gasteiger partial charge in [0.05, 0.1) is 22.5 Å². The van der Waals surface area contributed by atoms with Gasteiger partial charge in [-0.25, -0.2) is 9.97 Å². The second kappa shape index (κ2) is 9.29. The Labute approximate surface area is 204 Å². The fourth-order valence-electron chi connectivity index (χ4n) is 4.95. The Hall–Kier alpha value is -2.06. The lowest BCUT2D eigenvalue weighted by atomic mass is 9.97. The van der Waals surface area contributed by atoms with E-state index in [4.69, 9.17) is 16.6 Å². The van der Waals surface area contributed by atoms with E-state index in [0.717, 1.165) is 64.0 Å². The van der Waals surface area contributed by atoms with E-state index in [-0.39, 0.29) is 5.91 Å². The highest BCUT2D eigenvalue weighted by Crippen LogP contribution is 2.37. The molecule has 1 amide bonds. The zero-order chi connectivity index (χ0) is 23.1. The lowest BCUT2D eigenvalue weighted by Crippen LogP contribution is -2.53. The minimum absolute atomic E-state index is 0.242. The minimum atomic E-state index is 0.242. The standard InChI is InChI=1S/C25H30ClN5OS/c1-15-7-18(26)8-20(21(15)13-31-11-16(2)27-10-17(31)3)24-25-22(28-14-29-24)9-19(33-25)12-30-6-4-5-23(30)32/h7-9,14,16-17,27H,4-6,10-13H2,1-3H3/t16-,17+/m1/s1. The molecule has 2 aromatic heterocycles. The number of piperazine rings is 1. The predicted molar refractivity (Wildman–Crippen MR) is 135 cm³/mol. The topological polar surface area (TPSA) is 61.4 Å². The first-order valence-corrected chi connectivity index (χ1v) is 12.9. The van der Waals surface area contributed by atoms with E-state index in [0.29, 0.717) is 25.0 Å². The summed E-state index contributed by atoms with van der Waals surface area (Å²) < 4.78 is 1.06. The van der Waals surface area contributed by atoms with Crippen molar-refractivity contribution in [1.29, 1.82) is 0 Å². The Morgan fingerprint density at radius 1 is 1.21 bits per heavy atom. The van der Waals surface area contributed by atoms with Crippen molar-refractivity contribution >= 4 is 39.1 Å². The minimum Gasteiger partial charge on any atom is -0.338 e. The fraction of sp³-hybridized carbons (Fsp3) is 0.480. The molecule has 2 fully saturated rings. The summed E-state index contributed by atoms with van der Waals surface area (Å²) in [6.07, 6.45) is 3.25. The zero-order valence-corrected chi connectivity index (χ0v) is 21.0. The molecule has 33 heavy (non-hydrogen) atoms. The number of hydrogen-bond acceptors (Lipinski definition) is 6. The normalized spacial score (nSPS) is 21.9. The van der Waals surface area contributed by atoms with Gasteiger partial charge >= 0.3 is 0 Å². The molecular weight excluding hydrogens is 454 g/mol. The maximum Gasteiger partial charge on any atom is 0.222 e. The summed E-state index contributed by atoms with van der Waals surface area (Å²) in [6, 6.07) is 7.13. The van der Waals surface area contributed by atoms with Gasteiger partial charge in [-0.3, -0.25) is 9.69 Å². The molecule has 3 aromatic rings. The second-order valence-electron chi connectivity index (χ2n) is 9.40. The van der Waals surface area contributed by atoms with Crippen molar-refractivity contribution in [2.45, 2.75) is 58.8 Å². The molecule has 0 spiro atoms. The first-order valence-electron chi connectivity index (χ1n) is 11.7. The molecule has 0 aliphatic carbocycles. The number of carbonyl (C=O) groups excluding carboxylic acids is 1. The number of aryl methyl sites for hydroxylation is 1. The number of benzene rings is 1. The van der Waals surface area contributed by atoms with E-state index in [2.05, 4.69) is 42.0 Å². The summed E-state index contributed by atoms with van der Waals surface area (Å²) in [5, 5.41) is 4.29. The Kier molecular flexibility index (Phi) is 6.40. The van der Waals surface area contributed by atoms with Gasteiger partial charge in [0.2, 0.25) is 5.91 Å². The summed E-state index contributed by atoms with van der Waals surface area (Å²) in [5.41, 5.74) is 5.39. The van der Waals surface area contributed by atoms with Crippen LogP contribution in [0, 0.1) is 6.92 Å². The average molecular weight is 484 g/mol. The van der Waals surface area contributed by atoms with E-state index < -0.39 is 0 Å². The van der Waals surface area contributed by atoms with E-state index in [1.807, 2.05) is 17.0 Å². The van der Waals surface area contributed by atoms with Crippen LogP contribution < -0.4 is 5.32 Å². The molecule has 1 N–H and O–H groups in total. The van der Waals surface area contributed by atoms with Gasteiger partial charge in [-0.05, 0) is 56.5 Å². The smallest absolute Gasteiger partial charge is 0.222 e.